The standard InChI is InChI=1S/C24H26N2O/c1-5-16(6-2)18-9-10-25-22(12-18)19-11-21-20-8-7-17(15(3)4)13-23(20)27-24(21)26-14-19/h7-16H,5-6H2,1-4H3. The van der Waals surface area contributed by atoms with Gasteiger partial charge in [-0.2, -0.15) is 0 Å². The lowest BCUT2D eigenvalue weighted by atomic mass is 9.93. The lowest BCUT2D eigenvalue weighted by Crippen LogP contribution is -1.97. The highest BCUT2D eigenvalue weighted by Crippen LogP contribution is 2.33. The molecule has 138 valence electrons. The van der Waals surface area contributed by atoms with Gasteiger partial charge in [0.2, 0.25) is 5.71 Å². The number of furan rings is 1. The lowest BCUT2D eigenvalue weighted by Gasteiger charge is -2.13. The van der Waals surface area contributed by atoms with E-state index < -0.39 is 0 Å². The third-order valence-corrected chi connectivity index (χ3v) is 5.56. The summed E-state index contributed by atoms with van der Waals surface area (Å²) in [6.07, 6.45) is 6.06. The molecule has 0 unspecified atom stereocenters. The molecule has 0 saturated carbocycles. The first kappa shape index (κ1) is 17.7. The van der Waals surface area contributed by atoms with Crippen LogP contribution in [0.3, 0.4) is 0 Å². The van der Waals surface area contributed by atoms with Crippen molar-refractivity contribution in [2.45, 2.75) is 52.4 Å². The topological polar surface area (TPSA) is 38.9 Å². The summed E-state index contributed by atoms with van der Waals surface area (Å²) >= 11 is 0. The van der Waals surface area contributed by atoms with Gasteiger partial charge in [-0.25, -0.2) is 4.98 Å². The zero-order chi connectivity index (χ0) is 19.0. The van der Waals surface area contributed by atoms with Gasteiger partial charge in [-0.1, -0.05) is 39.8 Å². The van der Waals surface area contributed by atoms with Gasteiger partial charge in [-0.3, -0.25) is 4.98 Å². The van der Waals surface area contributed by atoms with Crippen LogP contribution in [-0.4, -0.2) is 9.97 Å². The number of fused-ring (bicyclic) bond motifs is 3. The molecule has 0 atom stereocenters. The fourth-order valence-corrected chi connectivity index (χ4v) is 3.79. The van der Waals surface area contributed by atoms with Gasteiger partial charge < -0.3 is 4.42 Å². The fourth-order valence-electron chi connectivity index (χ4n) is 3.79. The minimum atomic E-state index is 0.475. The molecule has 0 bridgehead atoms. The first-order valence-corrected chi connectivity index (χ1v) is 9.89. The van der Waals surface area contributed by atoms with Crippen LogP contribution in [0.15, 0.2) is 53.2 Å². The fraction of sp³-hybridized carbons (Fsp3) is 0.333. The number of hydrogen-bond acceptors (Lipinski definition) is 3. The smallest absolute Gasteiger partial charge is 0.227 e. The monoisotopic (exact) mass is 358 g/mol. The number of rotatable bonds is 5. The number of benzene rings is 1. The van der Waals surface area contributed by atoms with Gasteiger partial charge >= 0.3 is 0 Å². The normalized spacial score (nSPS) is 11.9. The number of hydrogen-bond donors (Lipinski definition) is 0. The molecule has 0 amide bonds. The molecule has 3 nitrogen and oxygen atoms in total. The quantitative estimate of drug-likeness (QED) is 0.383. The highest BCUT2D eigenvalue weighted by atomic mass is 16.3. The van der Waals surface area contributed by atoms with E-state index in [9.17, 15) is 0 Å². The van der Waals surface area contributed by atoms with Crippen molar-refractivity contribution in [3.8, 4) is 11.3 Å². The second-order valence-corrected chi connectivity index (χ2v) is 7.58. The molecule has 0 radical (unpaired) electrons. The Bertz CT molecular complexity index is 1090. The lowest BCUT2D eigenvalue weighted by molar-refractivity contribution is 0.641. The summed E-state index contributed by atoms with van der Waals surface area (Å²) in [4.78, 5) is 9.18. The highest BCUT2D eigenvalue weighted by molar-refractivity contribution is 6.04. The van der Waals surface area contributed by atoms with Gasteiger partial charge in [0, 0.05) is 28.7 Å². The Morgan fingerprint density at radius 3 is 2.44 bits per heavy atom. The zero-order valence-electron chi connectivity index (χ0n) is 16.5. The van der Waals surface area contributed by atoms with Crippen LogP contribution >= 0.6 is 0 Å². The average molecular weight is 358 g/mol. The molecule has 0 aliphatic carbocycles. The van der Waals surface area contributed by atoms with Crippen LogP contribution in [0.4, 0.5) is 0 Å². The largest absolute Gasteiger partial charge is 0.438 e. The van der Waals surface area contributed by atoms with Crippen molar-refractivity contribution in [1.29, 1.82) is 0 Å². The predicted molar refractivity (Wildman–Crippen MR) is 112 cm³/mol. The van der Waals surface area contributed by atoms with Gasteiger partial charge in [-0.05, 0) is 60.1 Å². The van der Waals surface area contributed by atoms with Crippen LogP contribution in [0, 0.1) is 0 Å². The number of pyridine rings is 2. The first-order chi connectivity index (χ1) is 13.1. The molecule has 0 aliphatic heterocycles. The SMILES string of the molecule is CCC(CC)c1ccnc(-c2cnc3oc4cc(C(C)C)ccc4c3c2)c1. The van der Waals surface area contributed by atoms with Crippen molar-refractivity contribution >= 4 is 22.1 Å². The molecule has 27 heavy (non-hydrogen) atoms. The third-order valence-electron chi connectivity index (χ3n) is 5.56. The van der Waals surface area contributed by atoms with Crippen LogP contribution in [0.25, 0.3) is 33.3 Å². The maximum atomic E-state index is 6.00. The Labute approximate surface area is 160 Å². The molecule has 0 aliphatic rings. The van der Waals surface area contributed by atoms with Crippen molar-refractivity contribution in [2.75, 3.05) is 0 Å². The predicted octanol–water partition coefficient (Wildman–Crippen LogP) is 7.07. The minimum Gasteiger partial charge on any atom is -0.438 e. The molecule has 0 saturated heterocycles. The molecular formula is C24H26N2O. The molecule has 4 aromatic rings. The summed E-state index contributed by atoms with van der Waals surface area (Å²) < 4.78 is 6.00. The molecular weight excluding hydrogens is 332 g/mol. The van der Waals surface area contributed by atoms with Gasteiger partial charge in [0.25, 0.3) is 0 Å². The van der Waals surface area contributed by atoms with E-state index >= 15 is 0 Å². The Balaban J connectivity index is 1.81. The van der Waals surface area contributed by atoms with Crippen molar-refractivity contribution < 1.29 is 4.42 Å². The summed E-state index contributed by atoms with van der Waals surface area (Å²) in [5.41, 5.74) is 6.23. The third kappa shape index (κ3) is 3.23. The molecule has 3 aromatic heterocycles. The van der Waals surface area contributed by atoms with Crippen molar-refractivity contribution in [2.24, 2.45) is 0 Å². The van der Waals surface area contributed by atoms with Crippen molar-refractivity contribution in [3.05, 3.63) is 59.9 Å². The Kier molecular flexibility index (Phi) is 4.69. The summed E-state index contributed by atoms with van der Waals surface area (Å²) in [5.74, 6) is 1.05. The average Bonchev–Trinajstić information content (AvgIpc) is 3.06. The van der Waals surface area contributed by atoms with E-state index in [2.05, 4.69) is 74.1 Å². The molecule has 4 rings (SSSR count). The zero-order valence-corrected chi connectivity index (χ0v) is 16.5. The highest BCUT2D eigenvalue weighted by Gasteiger charge is 2.13. The molecule has 0 fully saturated rings. The van der Waals surface area contributed by atoms with Crippen LogP contribution in [-0.2, 0) is 0 Å². The Hall–Kier alpha value is -2.68. The number of aromatic nitrogens is 2. The van der Waals surface area contributed by atoms with E-state index in [4.69, 9.17) is 4.42 Å². The number of nitrogens with zero attached hydrogens (tertiary/aromatic N) is 2. The molecule has 3 heteroatoms. The molecule has 0 spiro atoms. The van der Waals surface area contributed by atoms with E-state index in [1.807, 2.05) is 12.4 Å². The minimum absolute atomic E-state index is 0.475. The Morgan fingerprint density at radius 2 is 1.70 bits per heavy atom. The van der Waals surface area contributed by atoms with Crippen LogP contribution in [0.5, 0.6) is 0 Å². The van der Waals surface area contributed by atoms with E-state index in [-0.39, 0.29) is 0 Å². The second kappa shape index (κ2) is 7.15. The first-order valence-electron chi connectivity index (χ1n) is 9.89. The maximum Gasteiger partial charge on any atom is 0.227 e. The van der Waals surface area contributed by atoms with Gasteiger partial charge in [0.05, 0.1) is 5.69 Å². The van der Waals surface area contributed by atoms with Gasteiger partial charge in [0.15, 0.2) is 0 Å². The van der Waals surface area contributed by atoms with Crippen molar-refractivity contribution in [1.82, 2.24) is 9.97 Å². The van der Waals surface area contributed by atoms with Crippen LogP contribution in [0.1, 0.15) is 63.5 Å². The van der Waals surface area contributed by atoms with E-state index in [0.717, 1.165) is 40.5 Å². The van der Waals surface area contributed by atoms with E-state index in [0.29, 0.717) is 17.5 Å². The van der Waals surface area contributed by atoms with Gasteiger partial charge in [-0.15, -0.1) is 0 Å². The maximum absolute atomic E-state index is 6.00. The van der Waals surface area contributed by atoms with E-state index in [1.165, 1.54) is 11.1 Å². The molecule has 3 heterocycles. The van der Waals surface area contributed by atoms with Crippen molar-refractivity contribution in [3.63, 3.8) is 0 Å². The summed E-state index contributed by atoms with van der Waals surface area (Å²) in [6.45, 7) is 8.87. The molecule has 1 aromatic carbocycles. The Morgan fingerprint density at radius 1 is 0.889 bits per heavy atom. The summed E-state index contributed by atoms with van der Waals surface area (Å²) in [7, 11) is 0. The summed E-state index contributed by atoms with van der Waals surface area (Å²) in [5, 5.41) is 2.16. The van der Waals surface area contributed by atoms with Crippen LogP contribution < -0.4 is 0 Å². The van der Waals surface area contributed by atoms with Crippen LogP contribution in [0.2, 0.25) is 0 Å². The van der Waals surface area contributed by atoms with E-state index in [1.54, 1.807) is 0 Å². The summed E-state index contributed by atoms with van der Waals surface area (Å²) in [6, 6.07) is 13.0. The molecule has 0 N–H and O–H groups in total. The van der Waals surface area contributed by atoms with Gasteiger partial charge in [0.1, 0.15) is 5.58 Å². The second-order valence-electron chi connectivity index (χ2n) is 7.58.